The van der Waals surface area contributed by atoms with E-state index in [1.165, 1.54) is 0 Å². The van der Waals surface area contributed by atoms with Crippen molar-refractivity contribution in [2.75, 3.05) is 11.5 Å². The largest absolute Gasteiger partial charge is 0.392 e. The number of nitrogens with one attached hydrogen (secondary N) is 1. The molecule has 3 unspecified atom stereocenters. The quantitative estimate of drug-likeness (QED) is 0.720. The molecule has 1 fully saturated rings. The second kappa shape index (κ2) is 5.27. The number of hydrogen-bond acceptors (Lipinski definition) is 4. The first-order chi connectivity index (χ1) is 6.94. The fraction of sp³-hybridized carbons (Fsp3) is 1.00. The summed E-state index contributed by atoms with van der Waals surface area (Å²) in [5, 5.41) is 12.8. The number of aliphatic hydroxyl groups is 1. The molecule has 5 heteroatoms. The lowest BCUT2D eigenvalue weighted by Gasteiger charge is -2.21. The molecule has 1 aliphatic rings. The van der Waals surface area contributed by atoms with Gasteiger partial charge < -0.3 is 10.4 Å². The molecular weight excluding hydrogens is 214 g/mol. The van der Waals surface area contributed by atoms with Gasteiger partial charge in [-0.05, 0) is 26.2 Å². The topological polar surface area (TPSA) is 66.4 Å². The van der Waals surface area contributed by atoms with E-state index < -0.39 is 9.84 Å². The summed E-state index contributed by atoms with van der Waals surface area (Å²) in [6.45, 7) is 3.52. The van der Waals surface area contributed by atoms with Gasteiger partial charge in [-0.1, -0.05) is 6.92 Å². The summed E-state index contributed by atoms with van der Waals surface area (Å²) in [5.74, 6) is 0.346. The second-order valence-corrected chi connectivity index (χ2v) is 6.77. The lowest BCUT2D eigenvalue weighted by Crippen LogP contribution is -2.44. The van der Waals surface area contributed by atoms with Crippen LogP contribution in [0.3, 0.4) is 0 Å². The highest BCUT2D eigenvalue weighted by Gasteiger charge is 2.27. The van der Waals surface area contributed by atoms with Crippen molar-refractivity contribution in [2.45, 2.75) is 51.3 Å². The SMILES string of the molecule is CCS(=O)(=O)CC(C)NC1CCCC1O. The summed E-state index contributed by atoms with van der Waals surface area (Å²) in [6, 6.07) is -0.000226. The minimum absolute atomic E-state index is 0.0760. The van der Waals surface area contributed by atoms with Gasteiger partial charge in [0.1, 0.15) is 0 Å². The standard InChI is InChI=1S/C10H21NO3S/c1-3-15(13,14)7-8(2)11-9-5-4-6-10(9)12/h8-12H,3-7H2,1-2H3. The minimum atomic E-state index is -2.92. The molecule has 0 saturated heterocycles. The molecule has 0 aliphatic heterocycles. The summed E-state index contributed by atoms with van der Waals surface area (Å²) in [5.41, 5.74) is 0. The average molecular weight is 235 g/mol. The highest BCUT2D eigenvalue weighted by atomic mass is 32.2. The van der Waals surface area contributed by atoms with Crippen LogP contribution in [0.2, 0.25) is 0 Å². The molecule has 2 N–H and O–H groups in total. The van der Waals surface area contributed by atoms with Gasteiger partial charge in [0, 0.05) is 17.8 Å². The van der Waals surface area contributed by atoms with Crippen LogP contribution in [0.25, 0.3) is 0 Å². The van der Waals surface area contributed by atoms with Crippen LogP contribution in [-0.4, -0.2) is 43.2 Å². The van der Waals surface area contributed by atoms with Gasteiger partial charge in [0.05, 0.1) is 11.9 Å². The Balaban J connectivity index is 2.39. The van der Waals surface area contributed by atoms with Crippen molar-refractivity contribution in [1.82, 2.24) is 5.32 Å². The maximum absolute atomic E-state index is 11.4. The highest BCUT2D eigenvalue weighted by molar-refractivity contribution is 7.91. The van der Waals surface area contributed by atoms with Gasteiger partial charge in [-0.15, -0.1) is 0 Å². The first kappa shape index (κ1) is 12.9. The average Bonchev–Trinajstić information content (AvgIpc) is 2.51. The summed E-state index contributed by atoms with van der Waals surface area (Å²) in [6.07, 6.45) is 2.48. The number of rotatable bonds is 5. The zero-order valence-corrected chi connectivity index (χ0v) is 10.3. The lowest BCUT2D eigenvalue weighted by atomic mass is 10.2. The number of sulfone groups is 1. The zero-order chi connectivity index (χ0) is 11.5. The smallest absolute Gasteiger partial charge is 0.151 e. The molecule has 1 saturated carbocycles. The van der Waals surface area contributed by atoms with E-state index in [9.17, 15) is 13.5 Å². The summed E-state index contributed by atoms with van der Waals surface area (Å²) < 4.78 is 22.7. The molecule has 0 aromatic rings. The molecule has 0 radical (unpaired) electrons. The second-order valence-electron chi connectivity index (χ2n) is 4.37. The van der Waals surface area contributed by atoms with E-state index >= 15 is 0 Å². The molecule has 90 valence electrons. The van der Waals surface area contributed by atoms with E-state index in [1.54, 1.807) is 6.92 Å². The van der Waals surface area contributed by atoms with Crippen molar-refractivity contribution in [3.05, 3.63) is 0 Å². The van der Waals surface area contributed by atoms with E-state index in [4.69, 9.17) is 0 Å². The Hall–Kier alpha value is -0.130. The monoisotopic (exact) mass is 235 g/mol. The van der Waals surface area contributed by atoms with E-state index in [0.717, 1.165) is 19.3 Å². The molecule has 0 aromatic heterocycles. The highest BCUT2D eigenvalue weighted by Crippen LogP contribution is 2.19. The molecule has 3 atom stereocenters. The van der Waals surface area contributed by atoms with Gasteiger partial charge in [-0.25, -0.2) is 8.42 Å². The van der Waals surface area contributed by atoms with Crippen LogP contribution in [0, 0.1) is 0 Å². The van der Waals surface area contributed by atoms with Crippen LogP contribution in [0.5, 0.6) is 0 Å². The Labute approximate surface area is 92.0 Å². The molecule has 0 spiro atoms. The molecule has 1 rings (SSSR count). The molecule has 0 amide bonds. The third-order valence-corrected chi connectivity index (χ3v) is 4.81. The van der Waals surface area contributed by atoms with E-state index in [2.05, 4.69) is 5.32 Å². The van der Waals surface area contributed by atoms with E-state index in [-0.39, 0.29) is 29.7 Å². The third kappa shape index (κ3) is 4.09. The van der Waals surface area contributed by atoms with Gasteiger partial charge in [0.2, 0.25) is 0 Å². The number of hydrogen-bond donors (Lipinski definition) is 2. The van der Waals surface area contributed by atoms with Crippen molar-refractivity contribution in [2.24, 2.45) is 0 Å². The van der Waals surface area contributed by atoms with Crippen LogP contribution in [0.4, 0.5) is 0 Å². The lowest BCUT2D eigenvalue weighted by molar-refractivity contribution is 0.145. The van der Waals surface area contributed by atoms with E-state index in [1.807, 2.05) is 6.92 Å². The van der Waals surface area contributed by atoms with Gasteiger partial charge in [0.25, 0.3) is 0 Å². The van der Waals surface area contributed by atoms with Crippen molar-refractivity contribution < 1.29 is 13.5 Å². The molecule has 4 nitrogen and oxygen atoms in total. The van der Waals surface area contributed by atoms with Crippen LogP contribution in [-0.2, 0) is 9.84 Å². The first-order valence-corrected chi connectivity index (χ1v) is 7.41. The van der Waals surface area contributed by atoms with Crippen LogP contribution >= 0.6 is 0 Å². The minimum Gasteiger partial charge on any atom is -0.392 e. The first-order valence-electron chi connectivity index (χ1n) is 5.59. The van der Waals surface area contributed by atoms with Crippen molar-refractivity contribution >= 4 is 9.84 Å². The van der Waals surface area contributed by atoms with Crippen LogP contribution < -0.4 is 5.32 Å². The van der Waals surface area contributed by atoms with Crippen LogP contribution in [0.1, 0.15) is 33.1 Å². The van der Waals surface area contributed by atoms with Crippen molar-refractivity contribution in [3.63, 3.8) is 0 Å². The number of aliphatic hydroxyl groups excluding tert-OH is 1. The zero-order valence-electron chi connectivity index (χ0n) is 9.44. The fourth-order valence-corrected chi connectivity index (χ4v) is 3.14. The molecular formula is C10H21NO3S. The molecule has 1 aliphatic carbocycles. The Morgan fingerprint density at radius 3 is 2.60 bits per heavy atom. The maximum Gasteiger partial charge on any atom is 0.151 e. The van der Waals surface area contributed by atoms with Gasteiger partial charge in [-0.3, -0.25) is 0 Å². The van der Waals surface area contributed by atoms with Gasteiger partial charge >= 0.3 is 0 Å². The van der Waals surface area contributed by atoms with Crippen LogP contribution in [0.15, 0.2) is 0 Å². The summed E-state index contributed by atoms with van der Waals surface area (Å²) >= 11 is 0. The summed E-state index contributed by atoms with van der Waals surface area (Å²) in [4.78, 5) is 0. The predicted octanol–water partition coefficient (Wildman–Crippen LogP) is 0.313. The Kier molecular flexibility index (Phi) is 4.55. The Morgan fingerprint density at radius 2 is 2.13 bits per heavy atom. The Bertz CT molecular complexity index is 289. The third-order valence-electron chi connectivity index (χ3n) is 2.92. The van der Waals surface area contributed by atoms with Crippen molar-refractivity contribution in [1.29, 1.82) is 0 Å². The molecule has 15 heavy (non-hydrogen) atoms. The summed E-state index contributed by atoms with van der Waals surface area (Å²) in [7, 11) is -2.92. The molecule has 0 aromatic carbocycles. The fourth-order valence-electron chi connectivity index (χ4n) is 2.05. The van der Waals surface area contributed by atoms with Crippen molar-refractivity contribution in [3.8, 4) is 0 Å². The van der Waals surface area contributed by atoms with Gasteiger partial charge in [0.15, 0.2) is 9.84 Å². The predicted molar refractivity (Wildman–Crippen MR) is 60.6 cm³/mol. The van der Waals surface area contributed by atoms with Gasteiger partial charge in [-0.2, -0.15) is 0 Å². The normalized spacial score (nSPS) is 29.3. The molecule has 0 bridgehead atoms. The van der Waals surface area contributed by atoms with E-state index in [0.29, 0.717) is 0 Å². The maximum atomic E-state index is 11.4. The Morgan fingerprint density at radius 1 is 1.47 bits per heavy atom. The molecule has 0 heterocycles.